The van der Waals surface area contributed by atoms with Gasteiger partial charge in [0.2, 0.25) is 0 Å². The second kappa shape index (κ2) is 4.35. The second-order valence-electron chi connectivity index (χ2n) is 3.27. The van der Waals surface area contributed by atoms with Crippen molar-refractivity contribution in [3.05, 3.63) is 0 Å². The highest BCUT2D eigenvalue weighted by Gasteiger charge is 2.20. The van der Waals surface area contributed by atoms with Crippen LogP contribution in [-0.4, -0.2) is 24.5 Å². The van der Waals surface area contributed by atoms with E-state index < -0.39 is 0 Å². The van der Waals surface area contributed by atoms with E-state index in [4.69, 9.17) is 5.26 Å². The highest BCUT2D eigenvalue weighted by Crippen LogP contribution is 2.14. The minimum atomic E-state index is 0.312. The Labute approximate surface area is 68.8 Å². The Bertz CT molecular complexity index is 148. The van der Waals surface area contributed by atoms with Crippen LogP contribution in [0.15, 0.2) is 0 Å². The van der Waals surface area contributed by atoms with E-state index in [1.807, 2.05) is 0 Å². The van der Waals surface area contributed by atoms with Gasteiger partial charge in [0.05, 0.1) is 12.0 Å². The SMILES string of the molecule is CCCCN1CC[C@H](C#N)C1. The molecule has 1 heterocycles. The molecular formula is C9H16N2. The van der Waals surface area contributed by atoms with E-state index in [0.717, 1.165) is 19.5 Å². The lowest BCUT2D eigenvalue weighted by atomic mass is 10.1. The van der Waals surface area contributed by atoms with Gasteiger partial charge in [0.1, 0.15) is 0 Å². The Morgan fingerprint density at radius 3 is 3.00 bits per heavy atom. The van der Waals surface area contributed by atoms with Crippen molar-refractivity contribution in [3.63, 3.8) is 0 Å². The van der Waals surface area contributed by atoms with E-state index in [-0.39, 0.29) is 0 Å². The van der Waals surface area contributed by atoms with E-state index in [1.165, 1.54) is 19.4 Å². The molecule has 1 atom stereocenters. The molecule has 0 unspecified atom stereocenters. The molecular weight excluding hydrogens is 136 g/mol. The van der Waals surface area contributed by atoms with Gasteiger partial charge >= 0.3 is 0 Å². The highest BCUT2D eigenvalue weighted by molar-refractivity contribution is 4.90. The molecule has 0 N–H and O–H groups in total. The van der Waals surface area contributed by atoms with Crippen molar-refractivity contribution in [2.45, 2.75) is 26.2 Å². The van der Waals surface area contributed by atoms with Crippen LogP contribution in [0.25, 0.3) is 0 Å². The van der Waals surface area contributed by atoms with Crippen LogP contribution in [0.4, 0.5) is 0 Å². The van der Waals surface area contributed by atoms with Gasteiger partial charge in [-0.3, -0.25) is 0 Å². The molecule has 0 aromatic rings. The molecule has 0 aromatic carbocycles. The van der Waals surface area contributed by atoms with Crippen molar-refractivity contribution < 1.29 is 0 Å². The van der Waals surface area contributed by atoms with Gasteiger partial charge in [0, 0.05) is 6.54 Å². The van der Waals surface area contributed by atoms with Crippen LogP contribution < -0.4 is 0 Å². The monoisotopic (exact) mass is 152 g/mol. The van der Waals surface area contributed by atoms with Gasteiger partial charge < -0.3 is 4.90 Å². The number of hydrogen-bond acceptors (Lipinski definition) is 2. The molecule has 0 bridgehead atoms. The van der Waals surface area contributed by atoms with Crippen LogP contribution in [0.2, 0.25) is 0 Å². The maximum atomic E-state index is 8.63. The van der Waals surface area contributed by atoms with E-state index in [1.54, 1.807) is 0 Å². The number of nitriles is 1. The van der Waals surface area contributed by atoms with Crippen molar-refractivity contribution >= 4 is 0 Å². The van der Waals surface area contributed by atoms with Crippen LogP contribution in [0, 0.1) is 17.2 Å². The molecule has 1 aliphatic rings. The lowest BCUT2D eigenvalue weighted by molar-refractivity contribution is 0.326. The summed E-state index contributed by atoms with van der Waals surface area (Å²) in [4.78, 5) is 2.40. The molecule has 0 aliphatic carbocycles. The third kappa shape index (κ3) is 2.51. The van der Waals surface area contributed by atoms with Crippen LogP contribution in [0.3, 0.4) is 0 Å². The Kier molecular flexibility index (Phi) is 3.38. The molecule has 1 rings (SSSR count). The predicted octanol–water partition coefficient (Wildman–Crippen LogP) is 1.63. The van der Waals surface area contributed by atoms with Crippen molar-refractivity contribution in [2.24, 2.45) is 5.92 Å². The maximum Gasteiger partial charge on any atom is 0.0669 e. The Hall–Kier alpha value is -0.550. The standard InChI is InChI=1S/C9H16N2/c1-2-3-5-11-6-4-9(7-10)8-11/h9H,2-6,8H2,1H3/t9-/m1/s1. The lowest BCUT2D eigenvalue weighted by Gasteiger charge is -2.12. The van der Waals surface area contributed by atoms with Crippen molar-refractivity contribution in [2.75, 3.05) is 19.6 Å². The summed E-state index contributed by atoms with van der Waals surface area (Å²) < 4.78 is 0. The molecule has 1 saturated heterocycles. The first-order valence-corrected chi connectivity index (χ1v) is 4.48. The Balaban J connectivity index is 2.15. The molecule has 11 heavy (non-hydrogen) atoms. The summed E-state index contributed by atoms with van der Waals surface area (Å²) in [7, 11) is 0. The largest absolute Gasteiger partial charge is 0.302 e. The molecule has 0 aromatic heterocycles. The summed E-state index contributed by atoms with van der Waals surface area (Å²) >= 11 is 0. The zero-order valence-electron chi connectivity index (χ0n) is 7.21. The van der Waals surface area contributed by atoms with Crippen LogP contribution in [-0.2, 0) is 0 Å². The minimum Gasteiger partial charge on any atom is -0.302 e. The Morgan fingerprint density at radius 1 is 1.64 bits per heavy atom. The number of unbranched alkanes of at least 4 members (excludes halogenated alkanes) is 1. The molecule has 0 saturated carbocycles. The van der Waals surface area contributed by atoms with Gasteiger partial charge in [-0.1, -0.05) is 13.3 Å². The average Bonchev–Trinajstić information content (AvgIpc) is 2.48. The lowest BCUT2D eigenvalue weighted by Crippen LogP contribution is -2.21. The molecule has 1 aliphatic heterocycles. The third-order valence-corrected chi connectivity index (χ3v) is 2.28. The predicted molar refractivity (Wildman–Crippen MR) is 45.1 cm³/mol. The van der Waals surface area contributed by atoms with E-state index in [2.05, 4.69) is 17.9 Å². The molecule has 0 amide bonds. The molecule has 2 heteroatoms. The van der Waals surface area contributed by atoms with Crippen LogP contribution >= 0.6 is 0 Å². The van der Waals surface area contributed by atoms with E-state index in [9.17, 15) is 0 Å². The van der Waals surface area contributed by atoms with Gasteiger partial charge in [0.25, 0.3) is 0 Å². The zero-order chi connectivity index (χ0) is 8.10. The first-order chi connectivity index (χ1) is 5.36. The van der Waals surface area contributed by atoms with Gasteiger partial charge in [-0.15, -0.1) is 0 Å². The zero-order valence-corrected chi connectivity index (χ0v) is 7.21. The van der Waals surface area contributed by atoms with Gasteiger partial charge in [0.15, 0.2) is 0 Å². The summed E-state index contributed by atoms with van der Waals surface area (Å²) in [6, 6.07) is 2.33. The second-order valence-corrected chi connectivity index (χ2v) is 3.27. The maximum absolute atomic E-state index is 8.63. The molecule has 0 spiro atoms. The van der Waals surface area contributed by atoms with E-state index >= 15 is 0 Å². The van der Waals surface area contributed by atoms with Crippen molar-refractivity contribution in [1.29, 1.82) is 5.26 Å². The summed E-state index contributed by atoms with van der Waals surface area (Å²) in [5, 5.41) is 8.63. The molecule has 0 radical (unpaired) electrons. The number of hydrogen-bond donors (Lipinski definition) is 0. The number of rotatable bonds is 3. The first-order valence-electron chi connectivity index (χ1n) is 4.48. The van der Waals surface area contributed by atoms with Gasteiger partial charge in [-0.05, 0) is 25.9 Å². The number of nitrogens with zero attached hydrogens (tertiary/aromatic N) is 2. The first kappa shape index (κ1) is 8.55. The molecule has 62 valence electrons. The summed E-state index contributed by atoms with van der Waals surface area (Å²) in [6.07, 6.45) is 3.62. The quantitative estimate of drug-likeness (QED) is 0.614. The Morgan fingerprint density at radius 2 is 2.45 bits per heavy atom. The smallest absolute Gasteiger partial charge is 0.0669 e. The fourth-order valence-electron chi connectivity index (χ4n) is 1.52. The van der Waals surface area contributed by atoms with Gasteiger partial charge in [-0.25, -0.2) is 0 Å². The molecule has 2 nitrogen and oxygen atoms in total. The highest BCUT2D eigenvalue weighted by atomic mass is 15.1. The fraction of sp³-hybridized carbons (Fsp3) is 0.889. The normalized spacial score (nSPS) is 25.3. The van der Waals surface area contributed by atoms with E-state index in [0.29, 0.717) is 5.92 Å². The topological polar surface area (TPSA) is 27.0 Å². The third-order valence-electron chi connectivity index (χ3n) is 2.28. The van der Waals surface area contributed by atoms with Crippen molar-refractivity contribution in [1.82, 2.24) is 4.90 Å². The minimum absolute atomic E-state index is 0.312. The number of likely N-dealkylation sites (tertiary alicyclic amines) is 1. The average molecular weight is 152 g/mol. The van der Waals surface area contributed by atoms with Crippen molar-refractivity contribution in [3.8, 4) is 6.07 Å². The summed E-state index contributed by atoms with van der Waals surface area (Å²) in [6.45, 7) is 5.54. The summed E-state index contributed by atoms with van der Waals surface area (Å²) in [5.41, 5.74) is 0. The van der Waals surface area contributed by atoms with Crippen LogP contribution in [0.1, 0.15) is 26.2 Å². The fourth-order valence-corrected chi connectivity index (χ4v) is 1.52. The van der Waals surface area contributed by atoms with Crippen LogP contribution in [0.5, 0.6) is 0 Å². The van der Waals surface area contributed by atoms with Gasteiger partial charge in [-0.2, -0.15) is 5.26 Å². The molecule has 1 fully saturated rings. The summed E-state index contributed by atoms with van der Waals surface area (Å²) in [5.74, 6) is 0.312.